The zero-order valence-corrected chi connectivity index (χ0v) is 9.96. The van der Waals surface area contributed by atoms with Crippen LogP contribution in [0.1, 0.15) is 6.92 Å². The molecule has 0 N–H and O–H groups in total. The third-order valence-electron chi connectivity index (χ3n) is 2.02. The monoisotopic (exact) mass is 237 g/mol. The number of aliphatic imine (C=N–C) groups is 1. The minimum atomic E-state index is -0.316. The predicted octanol–water partition coefficient (Wildman–Crippen LogP) is 2.85. The summed E-state index contributed by atoms with van der Waals surface area (Å²) >= 11 is 1.32. The summed E-state index contributed by atoms with van der Waals surface area (Å²) in [5.41, 5.74) is 0.438. The van der Waals surface area contributed by atoms with E-state index in [1.54, 1.807) is 35.5 Å². The standard InChI is InChI=1S/C11H12FN3S/c1-3-15(11(16-2)14-8-13)10-7-5-4-6-9(10)12/h4-7H,3H2,1-2H3. The van der Waals surface area contributed by atoms with Crippen molar-refractivity contribution < 1.29 is 4.39 Å². The zero-order valence-electron chi connectivity index (χ0n) is 9.14. The molecular weight excluding hydrogens is 225 g/mol. The number of hydrogen-bond acceptors (Lipinski definition) is 3. The van der Waals surface area contributed by atoms with Gasteiger partial charge in [0.15, 0.2) is 5.17 Å². The van der Waals surface area contributed by atoms with E-state index in [1.165, 1.54) is 17.8 Å². The highest BCUT2D eigenvalue weighted by Crippen LogP contribution is 2.21. The minimum absolute atomic E-state index is 0.316. The third kappa shape index (κ3) is 2.74. The second-order valence-corrected chi connectivity index (χ2v) is 3.67. The van der Waals surface area contributed by atoms with Gasteiger partial charge in [0, 0.05) is 6.54 Å². The second kappa shape index (κ2) is 6.13. The van der Waals surface area contributed by atoms with E-state index in [1.807, 2.05) is 6.92 Å². The molecule has 0 saturated heterocycles. The molecule has 0 heterocycles. The van der Waals surface area contributed by atoms with E-state index in [9.17, 15) is 4.39 Å². The Morgan fingerprint density at radius 1 is 1.56 bits per heavy atom. The Balaban J connectivity index is 3.13. The molecule has 3 nitrogen and oxygen atoms in total. The van der Waals surface area contributed by atoms with Crippen LogP contribution >= 0.6 is 11.8 Å². The molecular formula is C11H12FN3S. The SMILES string of the molecule is CCN(C(=NC#N)SC)c1ccccc1F. The van der Waals surface area contributed by atoms with Crippen molar-refractivity contribution in [2.24, 2.45) is 4.99 Å². The molecule has 5 heteroatoms. The van der Waals surface area contributed by atoms with E-state index in [-0.39, 0.29) is 5.82 Å². The predicted molar refractivity (Wildman–Crippen MR) is 66.0 cm³/mol. The molecule has 0 aliphatic heterocycles. The number of para-hydroxylation sites is 1. The highest BCUT2D eigenvalue weighted by Gasteiger charge is 2.14. The molecule has 0 saturated carbocycles. The number of nitrogens with zero attached hydrogens (tertiary/aromatic N) is 3. The van der Waals surface area contributed by atoms with Gasteiger partial charge in [-0.1, -0.05) is 23.9 Å². The van der Waals surface area contributed by atoms with Crippen LogP contribution in [0.15, 0.2) is 29.3 Å². The molecule has 1 aromatic carbocycles. The van der Waals surface area contributed by atoms with Crippen LogP contribution in [0.5, 0.6) is 0 Å². The summed E-state index contributed by atoms with van der Waals surface area (Å²) in [5.74, 6) is -0.316. The molecule has 84 valence electrons. The lowest BCUT2D eigenvalue weighted by Crippen LogP contribution is -2.28. The van der Waals surface area contributed by atoms with E-state index in [0.29, 0.717) is 17.4 Å². The first-order valence-corrected chi connectivity index (χ1v) is 5.99. The molecule has 1 rings (SSSR count). The Labute approximate surface area is 98.6 Å². The fraction of sp³-hybridized carbons (Fsp3) is 0.273. The molecule has 0 bridgehead atoms. The van der Waals surface area contributed by atoms with Crippen molar-refractivity contribution in [3.63, 3.8) is 0 Å². The van der Waals surface area contributed by atoms with E-state index in [4.69, 9.17) is 5.26 Å². The number of rotatable bonds is 2. The number of benzene rings is 1. The summed E-state index contributed by atoms with van der Waals surface area (Å²) in [7, 11) is 0. The van der Waals surface area contributed by atoms with Crippen LogP contribution in [0.4, 0.5) is 10.1 Å². The number of hydrogen-bond donors (Lipinski definition) is 0. The van der Waals surface area contributed by atoms with Crippen molar-refractivity contribution in [1.82, 2.24) is 0 Å². The first-order valence-electron chi connectivity index (χ1n) is 4.77. The van der Waals surface area contributed by atoms with E-state index in [2.05, 4.69) is 4.99 Å². The van der Waals surface area contributed by atoms with E-state index in [0.717, 1.165) is 0 Å². The fourth-order valence-electron chi connectivity index (χ4n) is 1.34. The van der Waals surface area contributed by atoms with Crippen LogP contribution in [0.3, 0.4) is 0 Å². The third-order valence-corrected chi connectivity index (χ3v) is 2.70. The number of nitriles is 1. The quantitative estimate of drug-likeness (QED) is 0.451. The Kier molecular flexibility index (Phi) is 4.80. The van der Waals surface area contributed by atoms with Gasteiger partial charge in [0.2, 0.25) is 6.19 Å². The molecule has 0 fully saturated rings. The topological polar surface area (TPSA) is 39.4 Å². The molecule has 0 atom stereocenters. The summed E-state index contributed by atoms with van der Waals surface area (Å²) in [6.07, 6.45) is 3.53. The van der Waals surface area contributed by atoms with Crippen LogP contribution in [0.2, 0.25) is 0 Å². The normalized spacial score (nSPS) is 11.0. The fourth-order valence-corrected chi connectivity index (χ4v) is 1.92. The van der Waals surface area contributed by atoms with Gasteiger partial charge in [-0.3, -0.25) is 0 Å². The number of halogens is 1. The van der Waals surface area contributed by atoms with Crippen molar-refractivity contribution >= 4 is 22.6 Å². The van der Waals surface area contributed by atoms with Crippen LogP contribution in [-0.4, -0.2) is 18.0 Å². The van der Waals surface area contributed by atoms with Gasteiger partial charge in [-0.2, -0.15) is 5.26 Å². The maximum Gasteiger partial charge on any atom is 0.208 e. The minimum Gasteiger partial charge on any atom is -0.318 e. The van der Waals surface area contributed by atoms with Gasteiger partial charge in [-0.15, -0.1) is 4.99 Å². The van der Waals surface area contributed by atoms with Crippen molar-refractivity contribution in [3.05, 3.63) is 30.1 Å². The molecule has 0 aliphatic carbocycles. The molecule has 0 amide bonds. The Morgan fingerprint density at radius 2 is 2.25 bits per heavy atom. The van der Waals surface area contributed by atoms with Gasteiger partial charge >= 0.3 is 0 Å². The number of amidine groups is 1. The molecule has 0 radical (unpaired) electrons. The molecule has 0 unspecified atom stereocenters. The highest BCUT2D eigenvalue weighted by molar-refractivity contribution is 8.13. The second-order valence-electron chi connectivity index (χ2n) is 2.89. The van der Waals surface area contributed by atoms with Crippen LogP contribution in [0, 0.1) is 17.3 Å². The lowest BCUT2D eigenvalue weighted by atomic mass is 10.3. The number of anilines is 1. The van der Waals surface area contributed by atoms with Gasteiger partial charge in [-0.25, -0.2) is 4.39 Å². The molecule has 0 spiro atoms. The average molecular weight is 237 g/mol. The molecule has 0 aromatic heterocycles. The smallest absolute Gasteiger partial charge is 0.208 e. The van der Waals surface area contributed by atoms with Crippen molar-refractivity contribution in [2.75, 3.05) is 17.7 Å². The molecule has 1 aromatic rings. The first kappa shape index (κ1) is 12.5. The highest BCUT2D eigenvalue weighted by atomic mass is 32.2. The zero-order chi connectivity index (χ0) is 12.0. The van der Waals surface area contributed by atoms with E-state index >= 15 is 0 Å². The van der Waals surface area contributed by atoms with Gasteiger partial charge < -0.3 is 4.90 Å². The maximum absolute atomic E-state index is 13.6. The first-order chi connectivity index (χ1) is 7.74. The lowest BCUT2D eigenvalue weighted by Gasteiger charge is -2.22. The van der Waals surface area contributed by atoms with Gasteiger partial charge in [0.05, 0.1) is 5.69 Å². The van der Waals surface area contributed by atoms with Crippen LogP contribution in [0.25, 0.3) is 0 Å². The van der Waals surface area contributed by atoms with Crippen molar-refractivity contribution in [2.45, 2.75) is 6.92 Å². The largest absolute Gasteiger partial charge is 0.318 e. The Hall–Kier alpha value is -1.54. The lowest BCUT2D eigenvalue weighted by molar-refractivity contribution is 0.627. The average Bonchev–Trinajstić information content (AvgIpc) is 2.31. The summed E-state index contributed by atoms with van der Waals surface area (Å²) in [5, 5.41) is 9.05. The maximum atomic E-state index is 13.6. The van der Waals surface area contributed by atoms with Crippen molar-refractivity contribution in [1.29, 1.82) is 5.26 Å². The Morgan fingerprint density at radius 3 is 2.75 bits per heavy atom. The Bertz CT molecular complexity index is 425. The summed E-state index contributed by atoms with van der Waals surface area (Å²) < 4.78 is 13.6. The molecule has 0 aliphatic rings. The van der Waals surface area contributed by atoms with Crippen LogP contribution in [-0.2, 0) is 0 Å². The summed E-state index contributed by atoms with van der Waals surface area (Å²) in [4.78, 5) is 5.35. The number of thioether (sulfide) groups is 1. The van der Waals surface area contributed by atoms with Crippen LogP contribution < -0.4 is 4.90 Å². The van der Waals surface area contributed by atoms with Crippen molar-refractivity contribution in [3.8, 4) is 6.19 Å². The van der Waals surface area contributed by atoms with Gasteiger partial charge in [0.25, 0.3) is 0 Å². The summed E-state index contributed by atoms with van der Waals surface area (Å²) in [6, 6.07) is 6.45. The summed E-state index contributed by atoms with van der Waals surface area (Å²) in [6.45, 7) is 2.44. The van der Waals surface area contributed by atoms with Gasteiger partial charge in [0.1, 0.15) is 5.82 Å². The van der Waals surface area contributed by atoms with E-state index < -0.39 is 0 Å². The van der Waals surface area contributed by atoms with Gasteiger partial charge in [-0.05, 0) is 25.3 Å². The molecule has 16 heavy (non-hydrogen) atoms.